The van der Waals surface area contributed by atoms with E-state index < -0.39 is 5.82 Å². The number of thiocarbonyl (C=S) groups is 1. The second kappa shape index (κ2) is 9.81. The summed E-state index contributed by atoms with van der Waals surface area (Å²) in [5.74, 6) is 1.16. The van der Waals surface area contributed by atoms with Gasteiger partial charge in [-0.15, -0.1) is 0 Å². The van der Waals surface area contributed by atoms with Crippen LogP contribution in [0.2, 0.25) is 5.02 Å². The van der Waals surface area contributed by atoms with E-state index in [1.54, 1.807) is 30.0 Å². The smallest absolute Gasteiger partial charge is 0.170 e. The molecule has 0 aromatic heterocycles. The van der Waals surface area contributed by atoms with Crippen molar-refractivity contribution < 1.29 is 8.78 Å². The highest BCUT2D eigenvalue weighted by Gasteiger charge is 2.02. The van der Waals surface area contributed by atoms with E-state index in [1.165, 1.54) is 24.3 Å². The Morgan fingerprint density at radius 2 is 1.88 bits per heavy atom. The van der Waals surface area contributed by atoms with Crippen molar-refractivity contribution in [1.82, 2.24) is 5.32 Å². The van der Waals surface area contributed by atoms with Crippen molar-refractivity contribution in [2.45, 2.75) is 12.2 Å². The Balaban J connectivity index is 1.59. The summed E-state index contributed by atoms with van der Waals surface area (Å²) in [4.78, 5) is 0. The molecule has 0 unspecified atom stereocenters. The zero-order chi connectivity index (χ0) is 17.4. The lowest BCUT2D eigenvalue weighted by Gasteiger charge is -2.11. The highest BCUT2D eigenvalue weighted by Crippen LogP contribution is 2.19. The summed E-state index contributed by atoms with van der Waals surface area (Å²) in [5, 5.41) is 6.58. The van der Waals surface area contributed by atoms with E-state index in [-0.39, 0.29) is 10.8 Å². The van der Waals surface area contributed by atoms with Gasteiger partial charge in [0.2, 0.25) is 0 Å². The zero-order valence-electron chi connectivity index (χ0n) is 12.8. The first-order valence-electron chi connectivity index (χ1n) is 7.36. The molecule has 2 aromatic rings. The summed E-state index contributed by atoms with van der Waals surface area (Å²) < 4.78 is 25.9. The highest BCUT2D eigenvalue weighted by molar-refractivity contribution is 7.98. The molecule has 24 heavy (non-hydrogen) atoms. The van der Waals surface area contributed by atoms with Crippen molar-refractivity contribution in [3.8, 4) is 0 Å². The molecule has 0 aliphatic heterocycles. The standard InChI is InChI=1S/C17H17ClF2N2S2/c18-15-10-14(6-7-16(15)20)22-17(23)21-8-1-9-24-11-12-2-4-13(19)5-3-12/h2-7,10H,1,8-9,11H2,(H2,21,22,23). The highest BCUT2D eigenvalue weighted by atomic mass is 35.5. The third kappa shape index (κ3) is 6.63. The van der Waals surface area contributed by atoms with Crippen LogP contribution < -0.4 is 10.6 Å². The average molecular weight is 387 g/mol. The molecule has 0 saturated carbocycles. The van der Waals surface area contributed by atoms with Crippen LogP contribution in [-0.2, 0) is 5.75 Å². The SMILES string of the molecule is Fc1ccc(CSCCCNC(=S)Nc2ccc(F)c(Cl)c2)cc1. The minimum Gasteiger partial charge on any atom is -0.362 e. The van der Waals surface area contributed by atoms with E-state index in [9.17, 15) is 8.78 Å². The molecule has 0 radical (unpaired) electrons. The molecule has 0 saturated heterocycles. The Kier molecular flexibility index (Phi) is 7.75. The minimum absolute atomic E-state index is 0.0555. The molecule has 2 rings (SSSR count). The first-order valence-corrected chi connectivity index (χ1v) is 9.31. The molecule has 0 aliphatic carbocycles. The molecular formula is C17H17ClF2N2S2. The lowest BCUT2D eigenvalue weighted by atomic mass is 10.2. The van der Waals surface area contributed by atoms with Crippen LogP contribution in [0, 0.1) is 11.6 Å². The summed E-state index contributed by atoms with van der Waals surface area (Å²) in [5.41, 5.74) is 1.75. The zero-order valence-corrected chi connectivity index (χ0v) is 15.2. The van der Waals surface area contributed by atoms with Crippen molar-refractivity contribution in [2.75, 3.05) is 17.6 Å². The second-order valence-electron chi connectivity index (χ2n) is 5.04. The summed E-state index contributed by atoms with van der Waals surface area (Å²) in [7, 11) is 0. The average Bonchev–Trinajstić information content (AvgIpc) is 2.56. The number of halogens is 3. The van der Waals surface area contributed by atoms with Gasteiger partial charge < -0.3 is 10.6 Å². The number of hydrogen-bond acceptors (Lipinski definition) is 2. The maximum absolute atomic E-state index is 13.1. The van der Waals surface area contributed by atoms with Crippen LogP contribution in [0.1, 0.15) is 12.0 Å². The van der Waals surface area contributed by atoms with Gasteiger partial charge >= 0.3 is 0 Å². The maximum atomic E-state index is 13.1. The number of nitrogens with one attached hydrogen (secondary N) is 2. The Bertz CT molecular complexity index is 681. The largest absolute Gasteiger partial charge is 0.362 e. The predicted octanol–water partition coefficient (Wildman–Crippen LogP) is 5.23. The van der Waals surface area contributed by atoms with Crippen molar-refractivity contribution in [1.29, 1.82) is 0 Å². The fraction of sp³-hybridized carbons (Fsp3) is 0.235. The Hall–Kier alpha value is -1.37. The number of rotatable bonds is 7. The van der Waals surface area contributed by atoms with Crippen LogP contribution in [-0.4, -0.2) is 17.4 Å². The molecular weight excluding hydrogens is 370 g/mol. The Morgan fingerprint density at radius 1 is 1.12 bits per heavy atom. The van der Waals surface area contributed by atoms with Gasteiger partial charge in [-0.05, 0) is 60.3 Å². The number of anilines is 1. The topological polar surface area (TPSA) is 24.1 Å². The van der Waals surface area contributed by atoms with Gasteiger partial charge in [0.1, 0.15) is 11.6 Å². The van der Waals surface area contributed by atoms with E-state index in [1.807, 2.05) is 0 Å². The fourth-order valence-electron chi connectivity index (χ4n) is 1.90. The van der Waals surface area contributed by atoms with Crippen LogP contribution in [0.3, 0.4) is 0 Å². The molecule has 0 spiro atoms. The second-order valence-corrected chi connectivity index (χ2v) is 6.96. The van der Waals surface area contributed by atoms with Gasteiger partial charge in [0.25, 0.3) is 0 Å². The maximum Gasteiger partial charge on any atom is 0.170 e. The number of hydrogen-bond donors (Lipinski definition) is 2. The van der Waals surface area contributed by atoms with E-state index in [0.29, 0.717) is 10.8 Å². The third-order valence-corrected chi connectivity index (χ3v) is 4.76. The minimum atomic E-state index is -0.459. The van der Waals surface area contributed by atoms with Crippen LogP contribution >= 0.6 is 35.6 Å². The van der Waals surface area contributed by atoms with Crippen molar-refractivity contribution in [3.63, 3.8) is 0 Å². The van der Waals surface area contributed by atoms with Crippen molar-refractivity contribution in [3.05, 3.63) is 64.7 Å². The molecule has 0 atom stereocenters. The quantitative estimate of drug-likeness (QED) is 0.502. The van der Waals surface area contributed by atoms with Crippen LogP contribution in [0.25, 0.3) is 0 Å². The summed E-state index contributed by atoms with van der Waals surface area (Å²) >= 11 is 12.7. The van der Waals surface area contributed by atoms with Gasteiger partial charge in [-0.3, -0.25) is 0 Å². The van der Waals surface area contributed by atoms with Gasteiger partial charge in [-0.2, -0.15) is 11.8 Å². The monoisotopic (exact) mass is 386 g/mol. The van der Waals surface area contributed by atoms with E-state index >= 15 is 0 Å². The third-order valence-electron chi connectivity index (χ3n) is 3.11. The normalized spacial score (nSPS) is 10.5. The molecule has 128 valence electrons. The van der Waals surface area contributed by atoms with Crippen LogP contribution in [0.15, 0.2) is 42.5 Å². The van der Waals surface area contributed by atoms with Gasteiger partial charge in [-0.25, -0.2) is 8.78 Å². The molecule has 0 amide bonds. The van der Waals surface area contributed by atoms with Crippen LogP contribution in [0.4, 0.5) is 14.5 Å². The molecule has 2 aromatic carbocycles. The summed E-state index contributed by atoms with van der Waals surface area (Å²) in [6.45, 7) is 0.733. The molecule has 0 fully saturated rings. The van der Waals surface area contributed by atoms with Gasteiger partial charge in [0.15, 0.2) is 5.11 Å². The fourth-order valence-corrected chi connectivity index (χ4v) is 3.22. The van der Waals surface area contributed by atoms with E-state index in [0.717, 1.165) is 30.0 Å². The van der Waals surface area contributed by atoms with Gasteiger partial charge in [-0.1, -0.05) is 23.7 Å². The molecule has 0 bridgehead atoms. The first-order chi connectivity index (χ1) is 11.5. The molecule has 0 heterocycles. The first kappa shape index (κ1) is 19.0. The van der Waals surface area contributed by atoms with Crippen molar-refractivity contribution >= 4 is 46.4 Å². The van der Waals surface area contributed by atoms with E-state index in [2.05, 4.69) is 10.6 Å². The Labute approximate surface area is 155 Å². The van der Waals surface area contributed by atoms with Gasteiger partial charge in [0.05, 0.1) is 5.02 Å². The molecule has 2 nitrogen and oxygen atoms in total. The molecule has 7 heteroatoms. The number of thioether (sulfide) groups is 1. The van der Waals surface area contributed by atoms with Crippen molar-refractivity contribution in [2.24, 2.45) is 0 Å². The predicted molar refractivity (Wildman–Crippen MR) is 103 cm³/mol. The molecule has 2 N–H and O–H groups in total. The van der Waals surface area contributed by atoms with Gasteiger partial charge in [0, 0.05) is 18.0 Å². The number of benzene rings is 2. The van der Waals surface area contributed by atoms with E-state index in [4.69, 9.17) is 23.8 Å². The lowest BCUT2D eigenvalue weighted by molar-refractivity contribution is 0.627. The molecule has 0 aliphatic rings. The summed E-state index contributed by atoms with van der Waals surface area (Å²) in [6.07, 6.45) is 0.942. The Morgan fingerprint density at radius 3 is 2.58 bits per heavy atom. The van der Waals surface area contributed by atoms with Crippen LogP contribution in [0.5, 0.6) is 0 Å². The summed E-state index contributed by atoms with van der Waals surface area (Å²) in [6, 6.07) is 10.9. The lowest BCUT2D eigenvalue weighted by Crippen LogP contribution is -2.29.